The fourth-order valence-corrected chi connectivity index (χ4v) is 4.66. The molecule has 10 heteroatoms. The number of amides is 1. The smallest absolute Gasteiger partial charge is 0.276 e. The molecule has 0 aromatic carbocycles. The summed E-state index contributed by atoms with van der Waals surface area (Å²) in [7, 11) is 0. The Morgan fingerprint density at radius 3 is 2.47 bits per heavy atom. The van der Waals surface area contributed by atoms with E-state index in [4.69, 9.17) is 5.10 Å². The predicted molar refractivity (Wildman–Crippen MR) is 136 cm³/mol. The van der Waals surface area contributed by atoms with Gasteiger partial charge in [0, 0.05) is 48.4 Å². The Morgan fingerprint density at radius 1 is 1.06 bits per heavy atom. The summed E-state index contributed by atoms with van der Waals surface area (Å²) in [5, 5.41) is 14.4. The number of hydrogen-bond donors (Lipinski definition) is 3. The molecule has 2 fully saturated rings. The minimum Gasteiger partial charge on any atom is -0.379 e. The summed E-state index contributed by atoms with van der Waals surface area (Å²) in [6, 6.07) is 5.28. The maximum absolute atomic E-state index is 13.5. The van der Waals surface area contributed by atoms with Gasteiger partial charge in [-0.3, -0.25) is 9.59 Å². The van der Waals surface area contributed by atoms with Crippen molar-refractivity contribution in [2.75, 3.05) is 16.0 Å². The summed E-state index contributed by atoms with van der Waals surface area (Å²) in [4.78, 5) is 33.1. The predicted octanol–water partition coefficient (Wildman–Crippen LogP) is 4.68. The van der Waals surface area contributed by atoms with Gasteiger partial charge in [-0.05, 0) is 50.5 Å². The standard InChI is InChI=1S/C26H32FN7O2/c1-15(2)22(35)11-16-3-5-18(6-4-16)31-24-13-20(30-17-7-8-17)25-29-14-21(34(25)33-24)26(36)32-19-9-10-28-23(27)12-19/h9-10,12-18,30H,3-8,11H2,1-2H3,(H,31,33)(H,28,32,36). The molecule has 0 unspecified atom stereocenters. The maximum atomic E-state index is 13.5. The molecule has 0 spiro atoms. The maximum Gasteiger partial charge on any atom is 0.276 e. The summed E-state index contributed by atoms with van der Waals surface area (Å²) in [6.45, 7) is 3.93. The number of rotatable bonds is 9. The molecule has 0 bridgehead atoms. The molecule has 0 saturated heterocycles. The van der Waals surface area contributed by atoms with Crippen molar-refractivity contribution >= 4 is 34.5 Å². The van der Waals surface area contributed by atoms with E-state index >= 15 is 0 Å². The number of carbonyl (C=O) groups excluding carboxylic acids is 2. The highest BCUT2D eigenvalue weighted by Gasteiger charge is 2.27. The summed E-state index contributed by atoms with van der Waals surface area (Å²) in [5.74, 6) is 0.431. The van der Waals surface area contributed by atoms with Crippen LogP contribution in [-0.2, 0) is 4.79 Å². The average Bonchev–Trinajstić information content (AvgIpc) is 3.55. The number of ketones is 1. The van der Waals surface area contributed by atoms with Gasteiger partial charge in [0.15, 0.2) is 11.3 Å². The first kappa shape index (κ1) is 24.1. The van der Waals surface area contributed by atoms with Crippen LogP contribution in [0.1, 0.15) is 69.3 Å². The quantitative estimate of drug-likeness (QED) is 0.371. The number of nitrogens with one attached hydrogen (secondary N) is 3. The van der Waals surface area contributed by atoms with Crippen LogP contribution in [0.3, 0.4) is 0 Å². The number of hydrogen-bond acceptors (Lipinski definition) is 7. The molecule has 0 radical (unpaired) electrons. The van der Waals surface area contributed by atoms with Crippen LogP contribution in [0, 0.1) is 17.8 Å². The Labute approximate surface area is 209 Å². The molecule has 5 rings (SSSR count). The molecule has 2 aliphatic carbocycles. The zero-order chi connectivity index (χ0) is 25.2. The van der Waals surface area contributed by atoms with Gasteiger partial charge in [-0.2, -0.15) is 4.39 Å². The van der Waals surface area contributed by atoms with Gasteiger partial charge >= 0.3 is 0 Å². The average molecular weight is 494 g/mol. The highest BCUT2D eigenvalue weighted by atomic mass is 19.1. The summed E-state index contributed by atoms with van der Waals surface area (Å²) >= 11 is 0. The van der Waals surface area contributed by atoms with Crippen LogP contribution < -0.4 is 16.0 Å². The number of imidazole rings is 1. The fourth-order valence-electron chi connectivity index (χ4n) is 4.66. The lowest BCUT2D eigenvalue weighted by Crippen LogP contribution is -2.28. The molecule has 36 heavy (non-hydrogen) atoms. The lowest BCUT2D eigenvalue weighted by Gasteiger charge is -2.29. The second kappa shape index (κ2) is 10.2. The number of aromatic nitrogens is 4. The van der Waals surface area contributed by atoms with Crippen LogP contribution in [-0.4, -0.2) is 43.4 Å². The minimum absolute atomic E-state index is 0.0910. The van der Waals surface area contributed by atoms with Crippen molar-refractivity contribution in [3.05, 3.63) is 42.2 Å². The van der Waals surface area contributed by atoms with E-state index in [0.29, 0.717) is 41.3 Å². The zero-order valence-electron chi connectivity index (χ0n) is 20.6. The van der Waals surface area contributed by atoms with Crippen molar-refractivity contribution in [2.24, 2.45) is 11.8 Å². The Hall–Kier alpha value is -3.56. The monoisotopic (exact) mass is 493 g/mol. The van der Waals surface area contributed by atoms with E-state index in [1.807, 2.05) is 19.9 Å². The first-order valence-corrected chi connectivity index (χ1v) is 12.7. The first-order valence-electron chi connectivity index (χ1n) is 12.7. The van der Waals surface area contributed by atoms with Gasteiger partial charge in [-0.1, -0.05) is 13.8 Å². The Balaban J connectivity index is 1.33. The van der Waals surface area contributed by atoms with E-state index in [1.165, 1.54) is 23.0 Å². The molecular formula is C26H32FN7O2. The van der Waals surface area contributed by atoms with Gasteiger partial charge in [0.2, 0.25) is 5.95 Å². The Kier molecular flexibility index (Phi) is 6.84. The number of fused-ring (bicyclic) bond motifs is 1. The van der Waals surface area contributed by atoms with Crippen LogP contribution >= 0.6 is 0 Å². The highest BCUT2D eigenvalue weighted by Crippen LogP contribution is 2.32. The normalized spacial score (nSPS) is 19.9. The number of pyridine rings is 1. The van der Waals surface area contributed by atoms with Gasteiger partial charge in [-0.25, -0.2) is 14.5 Å². The molecule has 190 valence electrons. The lowest BCUT2D eigenvalue weighted by molar-refractivity contribution is -0.123. The molecule has 3 aromatic rings. The number of carbonyl (C=O) groups is 2. The van der Waals surface area contributed by atoms with Crippen LogP contribution in [0.4, 0.5) is 21.6 Å². The number of nitrogens with zero attached hydrogens (tertiary/aromatic N) is 4. The van der Waals surface area contributed by atoms with E-state index in [-0.39, 0.29) is 17.7 Å². The summed E-state index contributed by atoms with van der Waals surface area (Å²) in [6.07, 6.45) is 9.57. The van der Waals surface area contributed by atoms with Crippen molar-refractivity contribution < 1.29 is 14.0 Å². The van der Waals surface area contributed by atoms with Crippen molar-refractivity contribution in [1.29, 1.82) is 0 Å². The molecule has 2 saturated carbocycles. The molecule has 3 aromatic heterocycles. The van der Waals surface area contributed by atoms with Crippen molar-refractivity contribution in [3.8, 4) is 0 Å². The van der Waals surface area contributed by atoms with Crippen molar-refractivity contribution in [1.82, 2.24) is 19.6 Å². The highest BCUT2D eigenvalue weighted by molar-refractivity contribution is 6.03. The summed E-state index contributed by atoms with van der Waals surface area (Å²) < 4.78 is 15.0. The molecule has 3 N–H and O–H groups in total. The number of halogens is 1. The lowest BCUT2D eigenvalue weighted by atomic mass is 9.82. The first-order chi connectivity index (χ1) is 17.4. The third-order valence-corrected chi connectivity index (χ3v) is 6.95. The third kappa shape index (κ3) is 5.63. The van der Waals surface area contributed by atoms with Crippen LogP contribution in [0.5, 0.6) is 0 Å². The molecule has 9 nitrogen and oxygen atoms in total. The van der Waals surface area contributed by atoms with Gasteiger partial charge in [0.05, 0.1) is 11.9 Å². The Morgan fingerprint density at radius 2 is 1.78 bits per heavy atom. The second-order valence-electron chi connectivity index (χ2n) is 10.2. The largest absolute Gasteiger partial charge is 0.379 e. The van der Waals surface area contributed by atoms with Gasteiger partial charge in [0.1, 0.15) is 11.6 Å². The van der Waals surface area contributed by atoms with Crippen molar-refractivity contribution in [2.45, 2.75) is 70.9 Å². The summed E-state index contributed by atoms with van der Waals surface area (Å²) in [5.41, 5.74) is 1.94. The minimum atomic E-state index is -0.672. The van der Waals surface area contributed by atoms with E-state index < -0.39 is 11.9 Å². The van der Waals surface area contributed by atoms with Crippen LogP contribution in [0.2, 0.25) is 0 Å². The second-order valence-corrected chi connectivity index (χ2v) is 10.2. The molecule has 3 heterocycles. The van der Waals surface area contributed by atoms with E-state index in [9.17, 15) is 14.0 Å². The van der Waals surface area contributed by atoms with Gasteiger partial charge in [0.25, 0.3) is 5.91 Å². The SMILES string of the molecule is CC(C)C(=O)CC1CCC(Nc2cc(NC3CC3)c3ncc(C(=O)Nc4ccnc(F)c4)n3n2)CC1. The van der Waals surface area contributed by atoms with Crippen LogP contribution in [0.15, 0.2) is 30.6 Å². The molecule has 0 atom stereocenters. The third-order valence-electron chi connectivity index (χ3n) is 6.95. The van der Waals surface area contributed by atoms with Gasteiger partial charge < -0.3 is 16.0 Å². The molecule has 0 aliphatic heterocycles. The van der Waals surface area contributed by atoms with E-state index in [1.54, 1.807) is 0 Å². The number of anilines is 3. The van der Waals surface area contributed by atoms with Gasteiger partial charge in [-0.15, -0.1) is 5.10 Å². The Bertz CT molecular complexity index is 1260. The molecule has 1 amide bonds. The zero-order valence-corrected chi connectivity index (χ0v) is 20.6. The fraction of sp³-hybridized carbons (Fsp3) is 0.500. The molecular weight excluding hydrogens is 461 g/mol. The van der Waals surface area contributed by atoms with Crippen LogP contribution in [0.25, 0.3) is 5.65 Å². The molecule has 2 aliphatic rings. The number of Topliss-reactive ketones (excluding diaryl/α,β-unsaturated/α-hetero) is 1. The van der Waals surface area contributed by atoms with E-state index in [2.05, 4.69) is 25.9 Å². The van der Waals surface area contributed by atoms with Crippen molar-refractivity contribution in [3.63, 3.8) is 0 Å². The topological polar surface area (TPSA) is 113 Å². The van der Waals surface area contributed by atoms with E-state index in [0.717, 1.165) is 50.3 Å².